The Morgan fingerprint density at radius 1 is 1.27 bits per heavy atom. The van der Waals surface area contributed by atoms with Crippen molar-refractivity contribution in [2.24, 2.45) is 0 Å². The molecule has 4 aromatic rings. The Morgan fingerprint density at radius 2 is 2.03 bits per heavy atom. The van der Waals surface area contributed by atoms with Crippen LogP contribution in [-0.2, 0) is 0 Å². The van der Waals surface area contributed by atoms with Gasteiger partial charge in [0, 0.05) is 17.3 Å². The lowest BCUT2D eigenvalue weighted by atomic mass is 10.0. The van der Waals surface area contributed by atoms with E-state index in [4.69, 9.17) is 27.1 Å². The van der Waals surface area contributed by atoms with Crippen molar-refractivity contribution in [1.29, 1.82) is 5.26 Å². The summed E-state index contributed by atoms with van der Waals surface area (Å²) in [5.41, 5.74) is 8.91. The first kappa shape index (κ1) is 19.4. The molecule has 1 atom stereocenters. The molecular formula is C20H17ClN8O. The van der Waals surface area contributed by atoms with E-state index in [0.29, 0.717) is 22.2 Å². The van der Waals surface area contributed by atoms with Crippen molar-refractivity contribution in [1.82, 2.24) is 24.6 Å². The van der Waals surface area contributed by atoms with Gasteiger partial charge in [0.05, 0.1) is 18.8 Å². The van der Waals surface area contributed by atoms with E-state index in [9.17, 15) is 5.26 Å². The van der Waals surface area contributed by atoms with Crippen molar-refractivity contribution in [3.05, 3.63) is 59.0 Å². The Labute approximate surface area is 177 Å². The van der Waals surface area contributed by atoms with E-state index in [2.05, 4.69) is 20.4 Å². The van der Waals surface area contributed by atoms with Crippen molar-refractivity contribution >= 4 is 28.9 Å². The highest BCUT2D eigenvalue weighted by atomic mass is 35.5. The molecule has 1 aromatic carbocycles. The standard InChI is InChI=1S/C20H17ClN8O/c1-11(26-18-13(8-22)17(23)24-10-25-18)14-9-29-19(15(21)20(28-29)30-2)27-16(14)12-6-4-3-5-7-12/h3-7,9-11H,1-2H3,(H3,23,24,25,26)/t11-/m0/s1. The van der Waals surface area contributed by atoms with Crippen LogP contribution < -0.4 is 15.8 Å². The Bertz CT molecular complexity index is 1270. The van der Waals surface area contributed by atoms with Gasteiger partial charge in [0.2, 0.25) is 0 Å². The van der Waals surface area contributed by atoms with E-state index in [1.807, 2.05) is 49.5 Å². The molecule has 0 radical (unpaired) electrons. The maximum atomic E-state index is 9.41. The molecule has 3 aromatic heterocycles. The molecule has 0 fully saturated rings. The number of ether oxygens (including phenoxy) is 1. The smallest absolute Gasteiger partial charge is 0.254 e. The van der Waals surface area contributed by atoms with Crippen LogP contribution in [-0.4, -0.2) is 31.7 Å². The van der Waals surface area contributed by atoms with Gasteiger partial charge in [-0.15, -0.1) is 5.10 Å². The molecule has 3 heterocycles. The van der Waals surface area contributed by atoms with Crippen LogP contribution in [0.3, 0.4) is 0 Å². The minimum Gasteiger partial charge on any atom is -0.479 e. The topological polar surface area (TPSA) is 127 Å². The van der Waals surface area contributed by atoms with Gasteiger partial charge >= 0.3 is 0 Å². The predicted molar refractivity (Wildman–Crippen MR) is 113 cm³/mol. The lowest BCUT2D eigenvalue weighted by molar-refractivity contribution is 0.395. The fraction of sp³-hybridized carbons (Fsp3) is 0.150. The van der Waals surface area contributed by atoms with E-state index in [-0.39, 0.29) is 23.3 Å². The van der Waals surface area contributed by atoms with Crippen molar-refractivity contribution in [2.45, 2.75) is 13.0 Å². The summed E-state index contributed by atoms with van der Waals surface area (Å²) in [4.78, 5) is 12.8. The van der Waals surface area contributed by atoms with Crippen LogP contribution in [0.2, 0.25) is 5.02 Å². The number of rotatable bonds is 5. The van der Waals surface area contributed by atoms with Gasteiger partial charge in [0.1, 0.15) is 34.6 Å². The zero-order chi connectivity index (χ0) is 21.3. The normalized spacial score (nSPS) is 11.8. The summed E-state index contributed by atoms with van der Waals surface area (Å²) in [6.45, 7) is 1.93. The van der Waals surface area contributed by atoms with Gasteiger partial charge in [-0.2, -0.15) is 5.26 Å². The van der Waals surface area contributed by atoms with Gasteiger partial charge in [0.25, 0.3) is 5.88 Å². The number of nitriles is 1. The Morgan fingerprint density at radius 3 is 2.73 bits per heavy atom. The monoisotopic (exact) mass is 420 g/mol. The van der Waals surface area contributed by atoms with Crippen LogP contribution in [0.5, 0.6) is 5.88 Å². The van der Waals surface area contributed by atoms with Crippen LogP contribution in [0, 0.1) is 11.3 Å². The Balaban J connectivity index is 1.86. The number of benzene rings is 1. The Kier molecular flexibility index (Phi) is 5.08. The molecule has 0 amide bonds. The molecular weight excluding hydrogens is 404 g/mol. The first-order chi connectivity index (χ1) is 14.5. The molecule has 10 heteroatoms. The van der Waals surface area contributed by atoms with Gasteiger partial charge in [-0.3, -0.25) is 0 Å². The van der Waals surface area contributed by atoms with Gasteiger partial charge in [-0.25, -0.2) is 19.5 Å². The second-order valence-corrected chi connectivity index (χ2v) is 6.84. The van der Waals surface area contributed by atoms with Crippen LogP contribution in [0.4, 0.5) is 11.6 Å². The number of nitrogens with two attached hydrogens (primary N) is 1. The zero-order valence-electron chi connectivity index (χ0n) is 16.2. The lowest BCUT2D eigenvalue weighted by Crippen LogP contribution is -2.14. The molecule has 0 saturated heterocycles. The van der Waals surface area contributed by atoms with Crippen molar-refractivity contribution in [3.8, 4) is 23.2 Å². The third kappa shape index (κ3) is 3.33. The van der Waals surface area contributed by atoms with Crippen LogP contribution in [0.15, 0.2) is 42.9 Å². The van der Waals surface area contributed by atoms with Crippen LogP contribution in [0.25, 0.3) is 16.9 Å². The number of anilines is 2. The van der Waals surface area contributed by atoms with E-state index >= 15 is 0 Å². The molecule has 0 aliphatic rings. The summed E-state index contributed by atoms with van der Waals surface area (Å²) in [5.74, 6) is 0.742. The minimum absolute atomic E-state index is 0.114. The van der Waals surface area contributed by atoms with Crippen LogP contribution in [0.1, 0.15) is 24.1 Å². The number of hydrogen-bond acceptors (Lipinski definition) is 8. The fourth-order valence-corrected chi connectivity index (χ4v) is 3.36. The second kappa shape index (κ2) is 7.85. The summed E-state index contributed by atoms with van der Waals surface area (Å²) in [7, 11) is 1.50. The number of nitrogens with zero attached hydrogens (tertiary/aromatic N) is 6. The quantitative estimate of drug-likeness (QED) is 0.502. The minimum atomic E-state index is -0.299. The SMILES string of the molecule is COc1nn2cc([C@H](C)Nc3ncnc(N)c3C#N)c(-c3ccccc3)nc2c1Cl. The number of halogens is 1. The molecule has 0 bridgehead atoms. The molecule has 9 nitrogen and oxygen atoms in total. The van der Waals surface area contributed by atoms with E-state index in [1.165, 1.54) is 13.4 Å². The highest BCUT2D eigenvalue weighted by Gasteiger charge is 2.21. The highest BCUT2D eigenvalue weighted by Crippen LogP contribution is 2.33. The van der Waals surface area contributed by atoms with Crippen LogP contribution >= 0.6 is 11.6 Å². The summed E-state index contributed by atoms with van der Waals surface area (Å²) >= 11 is 6.38. The summed E-state index contributed by atoms with van der Waals surface area (Å²) in [6.07, 6.45) is 3.14. The maximum Gasteiger partial charge on any atom is 0.254 e. The number of nitrogen functional groups attached to an aromatic ring is 1. The highest BCUT2D eigenvalue weighted by molar-refractivity contribution is 6.34. The van der Waals surface area contributed by atoms with Gasteiger partial charge in [-0.05, 0) is 6.92 Å². The molecule has 0 aliphatic carbocycles. The Hall–Kier alpha value is -3.90. The second-order valence-electron chi connectivity index (χ2n) is 6.46. The molecule has 150 valence electrons. The van der Waals surface area contributed by atoms with E-state index in [1.54, 1.807) is 4.52 Å². The first-order valence-corrected chi connectivity index (χ1v) is 9.36. The maximum absolute atomic E-state index is 9.41. The number of fused-ring (bicyclic) bond motifs is 1. The van der Waals surface area contributed by atoms with Gasteiger partial charge in [-0.1, -0.05) is 41.9 Å². The molecule has 30 heavy (non-hydrogen) atoms. The summed E-state index contributed by atoms with van der Waals surface area (Å²) in [6, 6.07) is 11.4. The van der Waals surface area contributed by atoms with Gasteiger partial charge in [0.15, 0.2) is 5.65 Å². The molecule has 0 unspecified atom stereocenters. The third-order valence-electron chi connectivity index (χ3n) is 4.60. The zero-order valence-corrected chi connectivity index (χ0v) is 16.9. The van der Waals surface area contributed by atoms with Crippen molar-refractivity contribution in [3.63, 3.8) is 0 Å². The lowest BCUT2D eigenvalue weighted by Gasteiger charge is -2.19. The first-order valence-electron chi connectivity index (χ1n) is 8.98. The predicted octanol–water partition coefficient (Wildman–Crippen LogP) is 3.48. The van der Waals surface area contributed by atoms with E-state index < -0.39 is 0 Å². The molecule has 0 spiro atoms. The largest absolute Gasteiger partial charge is 0.479 e. The fourth-order valence-electron chi connectivity index (χ4n) is 3.12. The average Bonchev–Trinajstić information content (AvgIpc) is 3.08. The summed E-state index contributed by atoms with van der Waals surface area (Å²) < 4.78 is 6.80. The number of hydrogen-bond donors (Lipinski definition) is 2. The number of aromatic nitrogens is 5. The van der Waals surface area contributed by atoms with E-state index in [0.717, 1.165) is 11.1 Å². The van der Waals surface area contributed by atoms with Crippen molar-refractivity contribution < 1.29 is 4.74 Å². The number of methoxy groups -OCH3 is 1. The average molecular weight is 421 g/mol. The van der Waals surface area contributed by atoms with Gasteiger partial charge < -0.3 is 15.8 Å². The molecule has 3 N–H and O–H groups in total. The van der Waals surface area contributed by atoms with Crippen molar-refractivity contribution in [2.75, 3.05) is 18.2 Å². The molecule has 4 rings (SSSR count). The molecule has 0 aliphatic heterocycles. The third-order valence-corrected chi connectivity index (χ3v) is 4.93. The summed E-state index contributed by atoms with van der Waals surface area (Å²) in [5, 5.41) is 17.3. The number of nitrogens with one attached hydrogen (secondary N) is 1. The molecule has 0 saturated carbocycles.